The van der Waals surface area contributed by atoms with Crippen molar-refractivity contribution in [1.82, 2.24) is 0 Å². The van der Waals surface area contributed by atoms with Crippen LogP contribution in [0, 0.1) is 0 Å². The normalized spacial score (nSPS) is 12.2. The van der Waals surface area contributed by atoms with Gasteiger partial charge in [-0.1, -0.05) is 42.5 Å². The molecule has 6 nitrogen and oxygen atoms in total. The molecule has 42 heavy (non-hydrogen) atoms. The van der Waals surface area contributed by atoms with Crippen LogP contribution < -0.4 is 10.7 Å². The fourth-order valence-corrected chi connectivity index (χ4v) is 6.75. The van der Waals surface area contributed by atoms with E-state index in [0.29, 0.717) is 38.8 Å². The SMILES string of the molecule is CSc1ccccc1N=c1ccc2c(-c3ccccc3S(=O)(=O)[O-])c3ccc(Nc4ccccc4SC)cc3oc-2c1. The minimum absolute atomic E-state index is 0.280. The van der Waals surface area contributed by atoms with Crippen molar-refractivity contribution in [3.05, 3.63) is 115 Å². The van der Waals surface area contributed by atoms with Crippen LogP contribution in [0.25, 0.3) is 33.4 Å². The van der Waals surface area contributed by atoms with Crippen molar-refractivity contribution in [2.75, 3.05) is 17.8 Å². The summed E-state index contributed by atoms with van der Waals surface area (Å²) in [5, 5.41) is 4.83. The summed E-state index contributed by atoms with van der Waals surface area (Å²) < 4.78 is 43.4. The Bertz CT molecular complexity index is 2090. The first-order valence-corrected chi connectivity index (χ1v) is 16.9. The summed E-state index contributed by atoms with van der Waals surface area (Å²) in [4.78, 5) is 6.72. The number of hydrogen-bond donors (Lipinski definition) is 1. The molecule has 0 radical (unpaired) electrons. The number of nitrogens with zero attached hydrogens (tertiary/aromatic N) is 1. The third-order valence-corrected chi connectivity index (χ3v) is 9.33. The quantitative estimate of drug-likeness (QED) is 0.110. The standard InChI is InChI=1S/C33H26N2O4S3/c1-40-30-12-6-4-10-26(30)34-21-15-17-23-28(19-21)39-29-20-22(35-27-11-5-7-13-31(27)41-2)16-18-24(29)33(23)25-9-3-8-14-32(25)42(36,37)38/h3-20,34H,1-2H3,(H,36,37,38)/p-1. The van der Waals surface area contributed by atoms with E-state index in [-0.39, 0.29) is 4.90 Å². The Morgan fingerprint density at radius 1 is 0.762 bits per heavy atom. The zero-order chi connectivity index (χ0) is 29.3. The van der Waals surface area contributed by atoms with Crippen LogP contribution in [0.1, 0.15) is 0 Å². The molecule has 4 aromatic rings. The lowest BCUT2D eigenvalue weighted by Crippen LogP contribution is -2.05. The van der Waals surface area contributed by atoms with Gasteiger partial charge in [-0.3, -0.25) is 0 Å². The Hall–Kier alpha value is -4.02. The van der Waals surface area contributed by atoms with Gasteiger partial charge in [-0.15, -0.1) is 23.5 Å². The molecule has 6 rings (SSSR count). The van der Waals surface area contributed by atoms with Crippen LogP contribution in [-0.4, -0.2) is 25.5 Å². The second kappa shape index (κ2) is 11.7. The summed E-state index contributed by atoms with van der Waals surface area (Å²) >= 11 is 3.26. The Morgan fingerprint density at radius 2 is 1.48 bits per heavy atom. The second-order valence-electron chi connectivity index (χ2n) is 9.43. The molecule has 0 aromatic heterocycles. The topological polar surface area (TPSA) is 94.7 Å². The Kier molecular flexibility index (Phi) is 7.83. The van der Waals surface area contributed by atoms with Crippen molar-refractivity contribution in [2.24, 2.45) is 4.99 Å². The van der Waals surface area contributed by atoms with E-state index in [2.05, 4.69) is 5.32 Å². The van der Waals surface area contributed by atoms with Gasteiger partial charge in [-0.05, 0) is 67.1 Å². The summed E-state index contributed by atoms with van der Waals surface area (Å²) in [7, 11) is -4.75. The van der Waals surface area contributed by atoms with Gasteiger partial charge in [0.25, 0.3) is 0 Å². The first-order valence-electron chi connectivity index (χ1n) is 13.0. The van der Waals surface area contributed by atoms with Gasteiger partial charge < -0.3 is 14.3 Å². The van der Waals surface area contributed by atoms with Crippen molar-refractivity contribution in [1.29, 1.82) is 0 Å². The maximum atomic E-state index is 12.3. The van der Waals surface area contributed by atoms with Crippen molar-refractivity contribution in [2.45, 2.75) is 14.7 Å². The van der Waals surface area contributed by atoms with Gasteiger partial charge in [0.1, 0.15) is 21.5 Å². The molecular formula is C33H25N2O4S3-. The monoisotopic (exact) mass is 609 g/mol. The molecule has 0 unspecified atom stereocenters. The molecule has 0 bridgehead atoms. The lowest BCUT2D eigenvalue weighted by Gasteiger charge is -2.19. The summed E-state index contributed by atoms with van der Waals surface area (Å²) in [6.45, 7) is 0. The minimum atomic E-state index is -4.75. The first-order chi connectivity index (χ1) is 20.4. The molecule has 0 fully saturated rings. The summed E-state index contributed by atoms with van der Waals surface area (Å²) in [6, 6.07) is 33.5. The third kappa shape index (κ3) is 5.56. The Balaban J connectivity index is 1.61. The first kappa shape index (κ1) is 28.1. The van der Waals surface area contributed by atoms with Crippen molar-refractivity contribution in [3.63, 3.8) is 0 Å². The number of hydrogen-bond acceptors (Lipinski definition) is 8. The molecular weight excluding hydrogens is 585 g/mol. The molecule has 1 N–H and O–H groups in total. The van der Waals surface area contributed by atoms with Crippen LogP contribution >= 0.6 is 23.5 Å². The van der Waals surface area contributed by atoms with E-state index < -0.39 is 10.1 Å². The van der Waals surface area contributed by atoms with Crippen molar-refractivity contribution < 1.29 is 17.4 Å². The van der Waals surface area contributed by atoms with E-state index in [1.165, 1.54) is 6.07 Å². The maximum absolute atomic E-state index is 12.3. The molecule has 0 amide bonds. The zero-order valence-corrected chi connectivity index (χ0v) is 25.1. The summed E-state index contributed by atoms with van der Waals surface area (Å²) in [5.41, 5.74) is 4.73. The van der Waals surface area contributed by atoms with E-state index in [1.807, 2.05) is 97.4 Å². The van der Waals surface area contributed by atoms with E-state index in [0.717, 1.165) is 26.9 Å². The molecule has 2 aliphatic rings. The van der Waals surface area contributed by atoms with Crippen molar-refractivity contribution >= 4 is 61.7 Å². The second-order valence-corrected chi connectivity index (χ2v) is 12.5. The van der Waals surface area contributed by atoms with Gasteiger partial charge in [-0.2, -0.15) is 0 Å². The molecule has 1 aliphatic heterocycles. The zero-order valence-electron chi connectivity index (χ0n) is 22.7. The molecule has 0 saturated carbocycles. The molecule has 0 saturated heterocycles. The van der Waals surface area contributed by atoms with Crippen LogP contribution in [0.4, 0.5) is 17.1 Å². The Morgan fingerprint density at radius 3 is 2.26 bits per heavy atom. The largest absolute Gasteiger partial charge is 0.744 e. The third-order valence-electron chi connectivity index (χ3n) is 6.85. The van der Waals surface area contributed by atoms with Gasteiger partial charge in [0.15, 0.2) is 0 Å². The number of fused-ring (bicyclic) bond motifs is 2. The van der Waals surface area contributed by atoms with Crippen LogP contribution in [0.3, 0.4) is 0 Å². The maximum Gasteiger partial charge on any atom is 0.137 e. The molecule has 4 aromatic carbocycles. The number of anilines is 2. The van der Waals surface area contributed by atoms with Gasteiger partial charge >= 0.3 is 0 Å². The summed E-state index contributed by atoms with van der Waals surface area (Å²) in [5.74, 6) is 0.514. The van der Waals surface area contributed by atoms with Gasteiger partial charge in [0.2, 0.25) is 0 Å². The van der Waals surface area contributed by atoms with Gasteiger partial charge in [0.05, 0.1) is 21.6 Å². The lowest BCUT2D eigenvalue weighted by molar-refractivity contribution is 0.463. The van der Waals surface area contributed by atoms with E-state index >= 15 is 0 Å². The van der Waals surface area contributed by atoms with Crippen LogP contribution in [-0.2, 0) is 10.1 Å². The minimum Gasteiger partial charge on any atom is -0.744 e. The number of thioether (sulfide) groups is 2. The predicted octanol–water partition coefficient (Wildman–Crippen LogP) is 8.53. The number of nitrogens with one attached hydrogen (secondary N) is 1. The molecule has 1 heterocycles. The lowest BCUT2D eigenvalue weighted by atomic mass is 9.93. The summed E-state index contributed by atoms with van der Waals surface area (Å²) in [6.07, 6.45) is 4.03. The average Bonchev–Trinajstić information content (AvgIpc) is 3.00. The molecule has 1 aliphatic carbocycles. The molecule has 0 spiro atoms. The average molecular weight is 610 g/mol. The van der Waals surface area contributed by atoms with E-state index in [9.17, 15) is 13.0 Å². The number of para-hydroxylation sites is 2. The fourth-order valence-electron chi connectivity index (χ4n) is 4.97. The van der Waals surface area contributed by atoms with Crippen LogP contribution in [0.15, 0.2) is 133 Å². The number of benzene rings is 5. The molecule has 210 valence electrons. The predicted molar refractivity (Wildman–Crippen MR) is 171 cm³/mol. The highest BCUT2D eigenvalue weighted by Gasteiger charge is 2.21. The van der Waals surface area contributed by atoms with Crippen LogP contribution in [0.2, 0.25) is 0 Å². The number of rotatable bonds is 7. The molecule has 9 heteroatoms. The smallest absolute Gasteiger partial charge is 0.137 e. The highest BCUT2D eigenvalue weighted by Crippen LogP contribution is 2.43. The highest BCUT2D eigenvalue weighted by atomic mass is 32.2. The highest BCUT2D eigenvalue weighted by molar-refractivity contribution is 7.99. The molecule has 0 atom stereocenters. The van der Waals surface area contributed by atoms with Gasteiger partial charge in [0, 0.05) is 49.7 Å². The van der Waals surface area contributed by atoms with E-state index in [4.69, 9.17) is 9.41 Å². The van der Waals surface area contributed by atoms with Gasteiger partial charge in [-0.25, -0.2) is 13.4 Å². The van der Waals surface area contributed by atoms with Crippen molar-refractivity contribution in [3.8, 4) is 22.5 Å². The van der Waals surface area contributed by atoms with Crippen LogP contribution in [0.5, 0.6) is 0 Å². The van der Waals surface area contributed by atoms with E-state index in [1.54, 1.807) is 41.7 Å². The fraction of sp³-hybridized carbons (Fsp3) is 0.0606. The Labute approximate surface area is 252 Å².